The molecule has 5 nitrogen and oxygen atoms in total. The van der Waals surface area contributed by atoms with Crippen LogP contribution in [-0.4, -0.2) is 52.0 Å². The van der Waals surface area contributed by atoms with Crippen LogP contribution in [0.15, 0.2) is 35.3 Å². The van der Waals surface area contributed by atoms with E-state index in [2.05, 4.69) is 47.9 Å². The van der Waals surface area contributed by atoms with Crippen molar-refractivity contribution in [2.75, 3.05) is 46.1 Å². The van der Waals surface area contributed by atoms with Gasteiger partial charge in [0.05, 0.1) is 0 Å². The number of benzene rings is 1. The highest BCUT2D eigenvalue weighted by Gasteiger charge is 2.42. The van der Waals surface area contributed by atoms with Gasteiger partial charge in [-0.25, -0.2) is 0 Å². The molecular formula is C23H38IN3O2. The summed E-state index contributed by atoms with van der Waals surface area (Å²) in [5.74, 6) is 1.62. The van der Waals surface area contributed by atoms with E-state index in [1.54, 1.807) is 0 Å². The third kappa shape index (κ3) is 9.22. The van der Waals surface area contributed by atoms with E-state index in [1.807, 2.05) is 0 Å². The van der Waals surface area contributed by atoms with Gasteiger partial charge in [-0.1, -0.05) is 30.3 Å². The van der Waals surface area contributed by atoms with Crippen LogP contribution in [0.25, 0.3) is 0 Å². The third-order valence-electron chi connectivity index (χ3n) is 5.75. The smallest absolute Gasteiger partial charge is 0.191 e. The van der Waals surface area contributed by atoms with Crippen molar-refractivity contribution in [3.8, 4) is 0 Å². The molecule has 1 heterocycles. The van der Waals surface area contributed by atoms with Crippen molar-refractivity contribution in [3.05, 3.63) is 35.9 Å². The van der Waals surface area contributed by atoms with Crippen LogP contribution in [0.4, 0.5) is 0 Å². The van der Waals surface area contributed by atoms with Crippen molar-refractivity contribution >= 4 is 29.9 Å². The van der Waals surface area contributed by atoms with Crippen molar-refractivity contribution in [3.63, 3.8) is 0 Å². The van der Waals surface area contributed by atoms with Crippen LogP contribution in [0.2, 0.25) is 0 Å². The first-order valence-corrected chi connectivity index (χ1v) is 11.0. The topological polar surface area (TPSA) is 54.9 Å². The first kappa shape index (κ1) is 24.4. The number of ether oxygens (including phenoxy) is 2. The fraction of sp³-hybridized carbons (Fsp3) is 0.696. The van der Waals surface area contributed by atoms with E-state index < -0.39 is 0 Å². The quantitative estimate of drug-likeness (QED) is 0.202. The molecule has 0 spiro atoms. The minimum atomic E-state index is 0. The van der Waals surface area contributed by atoms with E-state index in [1.165, 1.54) is 18.4 Å². The number of hydrogen-bond acceptors (Lipinski definition) is 3. The summed E-state index contributed by atoms with van der Waals surface area (Å²) < 4.78 is 11.2. The number of rotatable bonds is 11. The maximum Gasteiger partial charge on any atom is 0.191 e. The van der Waals surface area contributed by atoms with E-state index in [9.17, 15) is 0 Å². The highest BCUT2D eigenvalue weighted by molar-refractivity contribution is 14.0. The van der Waals surface area contributed by atoms with Gasteiger partial charge in [0.25, 0.3) is 0 Å². The van der Waals surface area contributed by atoms with E-state index >= 15 is 0 Å². The molecule has 0 aromatic heterocycles. The predicted octanol–water partition coefficient (Wildman–Crippen LogP) is 4.02. The molecule has 0 bridgehead atoms. The largest absolute Gasteiger partial charge is 0.381 e. The van der Waals surface area contributed by atoms with Crippen LogP contribution in [-0.2, 0) is 15.9 Å². The monoisotopic (exact) mass is 515 g/mol. The molecule has 1 aromatic rings. The normalized spacial score (nSPS) is 18.7. The van der Waals surface area contributed by atoms with E-state index in [0.717, 1.165) is 77.7 Å². The van der Waals surface area contributed by atoms with Crippen LogP contribution >= 0.6 is 24.0 Å². The molecule has 0 amide bonds. The molecule has 0 radical (unpaired) electrons. The molecule has 1 aromatic carbocycles. The highest BCUT2D eigenvalue weighted by Crippen LogP contribution is 2.48. The molecule has 1 saturated carbocycles. The standard InChI is InChI=1S/C23H37N3O2.HI/c1-2-24-22(25-13-6-14-28-18-21-9-15-27-16-10-21)26-19-23(11-12-23)17-20-7-4-3-5-8-20;/h3-5,7-8,21H,2,6,9-19H2,1H3,(H2,24,25,26);1H. The molecule has 3 rings (SSSR count). The fourth-order valence-electron chi connectivity index (χ4n) is 3.73. The van der Waals surface area contributed by atoms with Crippen LogP contribution in [0, 0.1) is 11.3 Å². The lowest BCUT2D eigenvalue weighted by molar-refractivity contribution is 0.0203. The molecule has 6 heteroatoms. The Morgan fingerprint density at radius 2 is 1.93 bits per heavy atom. The van der Waals surface area contributed by atoms with Gasteiger partial charge in [-0.15, -0.1) is 24.0 Å². The number of halogens is 1. The van der Waals surface area contributed by atoms with Crippen LogP contribution < -0.4 is 10.6 Å². The van der Waals surface area contributed by atoms with Gasteiger partial charge in [-0.2, -0.15) is 0 Å². The Balaban J connectivity index is 0.00000300. The first-order valence-electron chi connectivity index (χ1n) is 11.0. The summed E-state index contributed by atoms with van der Waals surface area (Å²) in [6.07, 6.45) is 6.98. The molecule has 0 atom stereocenters. The Morgan fingerprint density at radius 1 is 1.17 bits per heavy atom. The third-order valence-corrected chi connectivity index (χ3v) is 5.75. The van der Waals surface area contributed by atoms with Crippen molar-refractivity contribution in [2.45, 2.75) is 45.4 Å². The van der Waals surface area contributed by atoms with Gasteiger partial charge >= 0.3 is 0 Å². The van der Waals surface area contributed by atoms with Gasteiger partial charge in [0.1, 0.15) is 0 Å². The summed E-state index contributed by atoms with van der Waals surface area (Å²) >= 11 is 0. The molecular weight excluding hydrogens is 477 g/mol. The second kappa shape index (κ2) is 13.4. The number of guanidine groups is 1. The SMILES string of the molecule is CCNC(=NCC1(Cc2ccccc2)CC1)NCCCOCC1CCOCC1.I. The Morgan fingerprint density at radius 3 is 2.62 bits per heavy atom. The molecule has 1 aliphatic heterocycles. The van der Waals surface area contributed by atoms with Gasteiger partial charge in [0.15, 0.2) is 5.96 Å². The van der Waals surface area contributed by atoms with Gasteiger partial charge in [-0.3, -0.25) is 4.99 Å². The maximum atomic E-state index is 5.85. The van der Waals surface area contributed by atoms with Crippen molar-refractivity contribution in [1.29, 1.82) is 0 Å². The summed E-state index contributed by atoms with van der Waals surface area (Å²) in [5.41, 5.74) is 1.80. The number of nitrogens with one attached hydrogen (secondary N) is 2. The molecule has 2 aliphatic rings. The fourth-order valence-corrected chi connectivity index (χ4v) is 3.73. The Bertz CT molecular complexity index is 587. The second-order valence-electron chi connectivity index (χ2n) is 8.27. The highest BCUT2D eigenvalue weighted by atomic mass is 127. The number of nitrogens with zero attached hydrogens (tertiary/aromatic N) is 1. The lowest BCUT2D eigenvalue weighted by atomic mass is 9.97. The van der Waals surface area contributed by atoms with E-state index in [4.69, 9.17) is 14.5 Å². The maximum absolute atomic E-state index is 5.85. The lowest BCUT2D eigenvalue weighted by Crippen LogP contribution is -2.38. The minimum Gasteiger partial charge on any atom is -0.381 e. The average molecular weight is 515 g/mol. The zero-order valence-electron chi connectivity index (χ0n) is 17.8. The molecule has 164 valence electrons. The lowest BCUT2D eigenvalue weighted by Gasteiger charge is -2.21. The van der Waals surface area contributed by atoms with Crippen LogP contribution in [0.5, 0.6) is 0 Å². The minimum absolute atomic E-state index is 0. The zero-order valence-corrected chi connectivity index (χ0v) is 20.2. The molecule has 0 unspecified atom stereocenters. The van der Waals surface area contributed by atoms with Gasteiger partial charge < -0.3 is 20.1 Å². The van der Waals surface area contributed by atoms with Gasteiger partial charge in [-0.05, 0) is 62.3 Å². The Labute approximate surface area is 193 Å². The molecule has 2 N–H and O–H groups in total. The summed E-state index contributed by atoms with van der Waals surface area (Å²) in [6, 6.07) is 10.8. The average Bonchev–Trinajstić information content (AvgIpc) is 3.49. The summed E-state index contributed by atoms with van der Waals surface area (Å²) in [5, 5.41) is 6.84. The molecule has 1 saturated heterocycles. The first-order chi connectivity index (χ1) is 13.8. The second-order valence-corrected chi connectivity index (χ2v) is 8.27. The van der Waals surface area contributed by atoms with Crippen LogP contribution in [0.3, 0.4) is 0 Å². The predicted molar refractivity (Wildman–Crippen MR) is 130 cm³/mol. The van der Waals surface area contributed by atoms with Gasteiger partial charge in [0, 0.05) is 46.1 Å². The van der Waals surface area contributed by atoms with E-state index in [-0.39, 0.29) is 24.0 Å². The summed E-state index contributed by atoms with van der Waals surface area (Å²) in [4.78, 5) is 4.87. The number of hydrogen-bond donors (Lipinski definition) is 2. The molecule has 2 fully saturated rings. The summed E-state index contributed by atoms with van der Waals surface area (Å²) in [7, 11) is 0. The van der Waals surface area contributed by atoms with Crippen LogP contribution in [0.1, 0.15) is 44.6 Å². The van der Waals surface area contributed by atoms with Crippen molar-refractivity contribution in [1.82, 2.24) is 10.6 Å². The Kier molecular flexibility index (Phi) is 11.3. The number of aliphatic imine (C=N–C) groups is 1. The van der Waals surface area contributed by atoms with Crippen molar-refractivity contribution < 1.29 is 9.47 Å². The zero-order chi connectivity index (χ0) is 19.5. The Hall–Kier alpha value is -0.860. The molecule has 1 aliphatic carbocycles. The van der Waals surface area contributed by atoms with Gasteiger partial charge in [0.2, 0.25) is 0 Å². The molecule has 29 heavy (non-hydrogen) atoms. The van der Waals surface area contributed by atoms with Crippen molar-refractivity contribution in [2.24, 2.45) is 16.3 Å². The summed E-state index contributed by atoms with van der Waals surface area (Å²) in [6.45, 7) is 8.26. The van der Waals surface area contributed by atoms with E-state index in [0.29, 0.717) is 11.3 Å².